The van der Waals surface area contributed by atoms with Crippen molar-refractivity contribution in [2.45, 2.75) is 0 Å². The van der Waals surface area contributed by atoms with Gasteiger partial charge in [-0.1, -0.05) is 23.7 Å². The quantitative estimate of drug-likeness (QED) is 0.875. The van der Waals surface area contributed by atoms with Crippen LogP contribution >= 0.6 is 18.7 Å². The molecule has 0 aliphatic rings. The predicted molar refractivity (Wildman–Crippen MR) is 90.2 cm³/mol. The highest BCUT2D eigenvalue weighted by atomic mass is 35.5. The maximum Gasteiger partial charge on any atom is 0.226 e. The van der Waals surface area contributed by atoms with Gasteiger partial charge in [0, 0.05) is 19.4 Å². The molecule has 0 unspecified atom stereocenters. The normalized spacial score (nSPS) is 11.3. The molecule has 2 rings (SSSR count). The Morgan fingerprint density at radius 2 is 1.90 bits per heavy atom. The Kier molecular flexibility index (Phi) is 4.55. The van der Waals surface area contributed by atoms with Crippen molar-refractivity contribution in [1.29, 1.82) is 0 Å². The highest BCUT2D eigenvalue weighted by molar-refractivity contribution is 7.70. The van der Waals surface area contributed by atoms with E-state index < -0.39 is 7.14 Å². The van der Waals surface area contributed by atoms with Crippen LogP contribution in [0.3, 0.4) is 0 Å². The van der Waals surface area contributed by atoms with Crippen molar-refractivity contribution in [2.75, 3.05) is 37.6 Å². The maximum absolute atomic E-state index is 12.4. The molecule has 0 spiro atoms. The molecule has 0 amide bonds. The van der Waals surface area contributed by atoms with E-state index in [1.807, 2.05) is 38.4 Å². The summed E-state index contributed by atoms with van der Waals surface area (Å²) in [7, 11) is 1.31. The average molecular weight is 325 g/mol. The predicted octanol–water partition coefficient (Wildman–Crippen LogP) is 3.19. The van der Waals surface area contributed by atoms with Crippen molar-refractivity contribution in [3.63, 3.8) is 0 Å². The summed E-state index contributed by atoms with van der Waals surface area (Å²) in [5, 5.41) is 4.34. The van der Waals surface area contributed by atoms with Gasteiger partial charge in [-0.2, -0.15) is 4.98 Å². The van der Waals surface area contributed by atoms with E-state index >= 15 is 0 Å². The second-order valence-corrected chi connectivity index (χ2v) is 8.84. The lowest BCUT2D eigenvalue weighted by Crippen LogP contribution is -2.15. The number of benzene rings is 1. The molecule has 5 nitrogen and oxygen atoms in total. The SMILES string of the molecule is CN(C)c1ncc(Cl)c(Nc2ccccc2P(C)(C)=O)n1. The van der Waals surface area contributed by atoms with Crippen LogP contribution < -0.4 is 15.5 Å². The van der Waals surface area contributed by atoms with Crippen LogP contribution in [0.15, 0.2) is 30.5 Å². The van der Waals surface area contributed by atoms with Crippen molar-refractivity contribution in [3.05, 3.63) is 35.5 Å². The molecule has 0 fully saturated rings. The molecule has 0 saturated heterocycles. The number of para-hydroxylation sites is 1. The average Bonchev–Trinajstić information content (AvgIpc) is 2.40. The summed E-state index contributed by atoms with van der Waals surface area (Å²) in [4.78, 5) is 10.3. The highest BCUT2D eigenvalue weighted by Gasteiger charge is 2.17. The molecule has 112 valence electrons. The van der Waals surface area contributed by atoms with Crippen molar-refractivity contribution in [1.82, 2.24) is 9.97 Å². The molecule has 1 heterocycles. The van der Waals surface area contributed by atoms with E-state index in [4.69, 9.17) is 11.6 Å². The molecule has 2 aromatic rings. The second-order valence-electron chi connectivity index (χ2n) is 5.25. The van der Waals surface area contributed by atoms with Crippen LogP contribution in [0.4, 0.5) is 17.5 Å². The van der Waals surface area contributed by atoms with E-state index in [2.05, 4.69) is 15.3 Å². The Balaban J connectivity index is 2.44. The summed E-state index contributed by atoms with van der Waals surface area (Å²) >= 11 is 6.14. The van der Waals surface area contributed by atoms with Crippen molar-refractivity contribution >= 4 is 41.5 Å². The fraction of sp³-hybridized carbons (Fsp3) is 0.286. The molecule has 0 bridgehead atoms. The molecular formula is C14H18ClN4OP. The first-order chi connectivity index (χ1) is 9.79. The van der Waals surface area contributed by atoms with Gasteiger partial charge in [-0.3, -0.25) is 0 Å². The summed E-state index contributed by atoms with van der Waals surface area (Å²) in [6.45, 7) is 3.47. The molecule has 0 saturated carbocycles. The lowest BCUT2D eigenvalue weighted by Gasteiger charge is -2.16. The molecule has 7 heteroatoms. The minimum atomic E-state index is -2.40. The fourth-order valence-electron chi connectivity index (χ4n) is 1.84. The van der Waals surface area contributed by atoms with Gasteiger partial charge in [0.1, 0.15) is 12.2 Å². The lowest BCUT2D eigenvalue weighted by atomic mass is 10.3. The fourth-order valence-corrected chi connectivity index (χ4v) is 3.13. The van der Waals surface area contributed by atoms with Gasteiger partial charge >= 0.3 is 0 Å². The molecule has 0 aliphatic heterocycles. The van der Waals surface area contributed by atoms with Gasteiger partial charge in [0.25, 0.3) is 0 Å². The molecule has 0 aliphatic carbocycles. The number of rotatable bonds is 4. The number of nitrogens with zero attached hydrogens (tertiary/aromatic N) is 3. The van der Waals surface area contributed by atoms with Gasteiger partial charge in [-0.25, -0.2) is 4.98 Å². The zero-order valence-electron chi connectivity index (χ0n) is 12.5. The highest BCUT2D eigenvalue weighted by Crippen LogP contribution is 2.38. The molecule has 21 heavy (non-hydrogen) atoms. The molecule has 1 aromatic carbocycles. The molecule has 0 atom stereocenters. The zero-order chi connectivity index (χ0) is 15.6. The second kappa shape index (κ2) is 6.04. The smallest absolute Gasteiger partial charge is 0.226 e. The molecular weight excluding hydrogens is 307 g/mol. The van der Waals surface area contributed by atoms with Crippen molar-refractivity contribution in [2.24, 2.45) is 0 Å². The number of aromatic nitrogens is 2. The Labute approximate surface area is 129 Å². The van der Waals surface area contributed by atoms with Crippen LogP contribution in [0, 0.1) is 0 Å². The minimum Gasteiger partial charge on any atom is -0.347 e. The van der Waals surface area contributed by atoms with E-state index in [0.29, 0.717) is 16.8 Å². The number of halogens is 1. The van der Waals surface area contributed by atoms with Crippen LogP contribution in [0.2, 0.25) is 5.02 Å². The third-order valence-electron chi connectivity index (χ3n) is 2.87. The van der Waals surface area contributed by atoms with Crippen LogP contribution in [0.1, 0.15) is 0 Å². The third kappa shape index (κ3) is 3.74. The van der Waals surface area contributed by atoms with Gasteiger partial charge in [0.15, 0.2) is 5.82 Å². The third-order valence-corrected chi connectivity index (χ3v) is 4.70. The molecule has 1 N–H and O–H groups in total. The van der Waals surface area contributed by atoms with E-state index in [1.165, 1.54) is 0 Å². The van der Waals surface area contributed by atoms with Crippen molar-refractivity contribution in [3.8, 4) is 0 Å². The largest absolute Gasteiger partial charge is 0.347 e. The number of hydrogen-bond acceptors (Lipinski definition) is 5. The van der Waals surface area contributed by atoms with Gasteiger partial charge < -0.3 is 14.8 Å². The minimum absolute atomic E-state index is 0.414. The first-order valence-electron chi connectivity index (χ1n) is 6.40. The topological polar surface area (TPSA) is 58.1 Å². The summed E-state index contributed by atoms with van der Waals surface area (Å²) in [5.74, 6) is 1.05. The number of anilines is 3. The summed E-state index contributed by atoms with van der Waals surface area (Å²) in [5.41, 5.74) is 0.746. The van der Waals surface area contributed by atoms with E-state index in [1.54, 1.807) is 24.4 Å². The maximum atomic E-state index is 12.4. The molecule has 1 aromatic heterocycles. The van der Waals surface area contributed by atoms with Crippen LogP contribution in [-0.4, -0.2) is 37.4 Å². The standard InChI is InChI=1S/C14H18ClN4OP/c1-19(2)14-16-9-10(15)13(18-14)17-11-7-5-6-8-12(11)21(3,4)20/h5-9H,1-4H3,(H,16,17,18). The van der Waals surface area contributed by atoms with Crippen LogP contribution in [-0.2, 0) is 4.57 Å². The number of nitrogens with one attached hydrogen (secondary N) is 1. The Morgan fingerprint density at radius 3 is 2.52 bits per heavy atom. The van der Waals surface area contributed by atoms with Gasteiger partial charge in [-0.05, 0) is 25.5 Å². The summed E-state index contributed by atoms with van der Waals surface area (Å²) in [6.07, 6.45) is 1.55. The monoisotopic (exact) mass is 324 g/mol. The van der Waals surface area contributed by atoms with Gasteiger partial charge in [-0.15, -0.1) is 0 Å². The first kappa shape index (κ1) is 15.8. The van der Waals surface area contributed by atoms with Gasteiger partial charge in [0.05, 0.1) is 11.9 Å². The molecule has 0 radical (unpaired) electrons. The van der Waals surface area contributed by atoms with Crippen molar-refractivity contribution < 1.29 is 4.57 Å². The van der Waals surface area contributed by atoms with Gasteiger partial charge in [0.2, 0.25) is 5.95 Å². The lowest BCUT2D eigenvalue weighted by molar-refractivity contribution is 0.588. The van der Waals surface area contributed by atoms with Crippen LogP contribution in [0.25, 0.3) is 0 Å². The van der Waals surface area contributed by atoms with E-state index in [9.17, 15) is 4.57 Å². The Hall–Kier alpha value is -1.58. The number of hydrogen-bond donors (Lipinski definition) is 1. The van der Waals surface area contributed by atoms with E-state index in [0.717, 1.165) is 11.0 Å². The Morgan fingerprint density at radius 1 is 1.24 bits per heavy atom. The van der Waals surface area contributed by atoms with Crippen LogP contribution in [0.5, 0.6) is 0 Å². The zero-order valence-corrected chi connectivity index (χ0v) is 14.1. The first-order valence-corrected chi connectivity index (χ1v) is 9.38. The summed E-state index contributed by atoms with van der Waals surface area (Å²) < 4.78 is 12.4. The summed E-state index contributed by atoms with van der Waals surface area (Å²) in [6, 6.07) is 7.46. The van der Waals surface area contributed by atoms with E-state index in [-0.39, 0.29) is 0 Å². The Bertz CT molecular complexity index is 699.